The van der Waals surface area contributed by atoms with Crippen molar-refractivity contribution in [3.05, 3.63) is 71.2 Å². The second-order valence-electron chi connectivity index (χ2n) is 8.48. The van der Waals surface area contributed by atoms with E-state index in [1.54, 1.807) is 19.1 Å². The monoisotopic (exact) mass is 451 g/mol. The van der Waals surface area contributed by atoms with Crippen LogP contribution < -0.4 is 10.1 Å². The van der Waals surface area contributed by atoms with Crippen LogP contribution in [0.1, 0.15) is 34.5 Å². The third-order valence-electron chi connectivity index (χ3n) is 6.02. The molecule has 1 aromatic heterocycles. The third-order valence-corrected chi connectivity index (χ3v) is 6.02. The van der Waals surface area contributed by atoms with Crippen LogP contribution in [0.5, 0.6) is 5.75 Å². The molecule has 0 radical (unpaired) electrons. The Morgan fingerprint density at radius 1 is 1.21 bits per heavy atom. The average molecular weight is 452 g/mol. The molecule has 1 fully saturated rings. The SMILES string of the molecule is Cc1cc(C(=O)NCc2cccc(OCCN(C)C3CCOCC3)c2)c2ccc(F)cc2n1. The third kappa shape index (κ3) is 6.06. The molecule has 4 rings (SSSR count). The Hall–Kier alpha value is -3.03. The van der Waals surface area contributed by atoms with Crippen molar-refractivity contribution in [3.8, 4) is 5.75 Å². The number of likely N-dealkylation sites (N-methyl/N-ethyl adjacent to an activating group) is 1. The van der Waals surface area contributed by atoms with E-state index in [9.17, 15) is 9.18 Å². The van der Waals surface area contributed by atoms with Gasteiger partial charge in [0.1, 0.15) is 18.2 Å². The van der Waals surface area contributed by atoms with Crippen LogP contribution >= 0.6 is 0 Å². The maximum Gasteiger partial charge on any atom is 0.252 e. The molecule has 33 heavy (non-hydrogen) atoms. The molecular formula is C26H30FN3O3. The number of fused-ring (bicyclic) bond motifs is 1. The standard InChI is InChI=1S/C26H30FN3O3/c1-18-14-24(23-7-6-20(27)16-25(23)29-18)26(31)28-17-19-4-3-5-22(15-19)33-13-10-30(2)21-8-11-32-12-9-21/h3-7,14-16,21H,8-13,17H2,1-2H3,(H,28,31). The molecular weight excluding hydrogens is 421 g/mol. The highest BCUT2D eigenvalue weighted by atomic mass is 19.1. The largest absolute Gasteiger partial charge is 0.492 e. The van der Waals surface area contributed by atoms with Crippen molar-refractivity contribution in [2.75, 3.05) is 33.4 Å². The lowest BCUT2D eigenvalue weighted by Gasteiger charge is -2.31. The van der Waals surface area contributed by atoms with Crippen molar-refractivity contribution in [2.45, 2.75) is 32.4 Å². The van der Waals surface area contributed by atoms with Gasteiger partial charge in [-0.1, -0.05) is 12.1 Å². The molecule has 1 saturated heterocycles. The molecule has 3 aromatic rings. The summed E-state index contributed by atoms with van der Waals surface area (Å²) < 4.78 is 25.0. The fourth-order valence-corrected chi connectivity index (χ4v) is 4.16. The first kappa shape index (κ1) is 23.1. The summed E-state index contributed by atoms with van der Waals surface area (Å²) in [6.45, 7) is 5.26. The number of aromatic nitrogens is 1. The number of aryl methyl sites for hydroxylation is 1. The van der Waals surface area contributed by atoms with Gasteiger partial charge in [0.15, 0.2) is 0 Å². The second-order valence-corrected chi connectivity index (χ2v) is 8.48. The van der Waals surface area contributed by atoms with Gasteiger partial charge in [0.25, 0.3) is 5.91 Å². The lowest BCUT2D eigenvalue weighted by atomic mass is 10.1. The number of halogens is 1. The van der Waals surface area contributed by atoms with Crippen LogP contribution in [-0.4, -0.2) is 55.2 Å². The number of ether oxygens (including phenoxy) is 2. The summed E-state index contributed by atoms with van der Waals surface area (Å²) in [7, 11) is 2.13. The van der Waals surface area contributed by atoms with Crippen molar-refractivity contribution >= 4 is 16.8 Å². The van der Waals surface area contributed by atoms with E-state index in [4.69, 9.17) is 9.47 Å². The fourth-order valence-electron chi connectivity index (χ4n) is 4.16. The molecule has 1 aliphatic heterocycles. The van der Waals surface area contributed by atoms with Crippen molar-refractivity contribution in [3.63, 3.8) is 0 Å². The number of pyridine rings is 1. The van der Waals surface area contributed by atoms with Crippen LogP contribution in [0.3, 0.4) is 0 Å². The fraction of sp³-hybridized carbons (Fsp3) is 0.385. The minimum Gasteiger partial charge on any atom is -0.492 e. The maximum atomic E-state index is 13.6. The molecule has 0 unspecified atom stereocenters. The van der Waals surface area contributed by atoms with Crippen molar-refractivity contribution in [1.29, 1.82) is 0 Å². The number of rotatable bonds is 8. The number of benzene rings is 2. The first-order valence-electron chi connectivity index (χ1n) is 11.3. The van der Waals surface area contributed by atoms with Gasteiger partial charge in [-0.05, 0) is 62.7 Å². The van der Waals surface area contributed by atoms with E-state index in [2.05, 4.69) is 22.2 Å². The Kier molecular flexibility index (Phi) is 7.52. The molecule has 0 aliphatic carbocycles. The zero-order chi connectivity index (χ0) is 23.2. The number of nitrogens with one attached hydrogen (secondary N) is 1. The molecule has 1 amide bonds. The van der Waals surface area contributed by atoms with Gasteiger partial charge in [-0.3, -0.25) is 14.7 Å². The van der Waals surface area contributed by atoms with Crippen LogP contribution in [-0.2, 0) is 11.3 Å². The number of nitrogens with zero attached hydrogens (tertiary/aromatic N) is 2. The highest BCUT2D eigenvalue weighted by Gasteiger charge is 2.18. The minimum absolute atomic E-state index is 0.221. The summed E-state index contributed by atoms with van der Waals surface area (Å²) in [5.74, 6) is 0.187. The molecule has 174 valence electrons. The number of amides is 1. The highest BCUT2D eigenvalue weighted by Crippen LogP contribution is 2.20. The quantitative estimate of drug-likeness (QED) is 0.559. The minimum atomic E-state index is -0.372. The lowest BCUT2D eigenvalue weighted by molar-refractivity contribution is 0.0392. The van der Waals surface area contributed by atoms with E-state index in [0.717, 1.165) is 43.9 Å². The molecule has 7 heteroatoms. The Labute approximate surface area is 193 Å². The number of hydrogen-bond donors (Lipinski definition) is 1. The smallest absolute Gasteiger partial charge is 0.252 e. The van der Waals surface area contributed by atoms with Crippen LogP contribution in [0.4, 0.5) is 4.39 Å². The highest BCUT2D eigenvalue weighted by molar-refractivity contribution is 6.06. The van der Waals surface area contributed by atoms with Crippen molar-refractivity contribution < 1.29 is 18.7 Å². The lowest BCUT2D eigenvalue weighted by Crippen LogP contribution is -2.38. The first-order valence-corrected chi connectivity index (χ1v) is 11.3. The maximum absolute atomic E-state index is 13.6. The summed E-state index contributed by atoms with van der Waals surface area (Å²) in [5.41, 5.74) is 2.57. The Morgan fingerprint density at radius 2 is 2.03 bits per heavy atom. The van der Waals surface area contributed by atoms with E-state index in [0.29, 0.717) is 41.4 Å². The molecule has 0 atom stereocenters. The van der Waals surface area contributed by atoms with Crippen molar-refractivity contribution in [1.82, 2.24) is 15.2 Å². The summed E-state index contributed by atoms with van der Waals surface area (Å²) in [4.78, 5) is 19.5. The molecule has 1 aliphatic rings. The van der Waals surface area contributed by atoms with E-state index in [1.807, 2.05) is 24.3 Å². The zero-order valence-electron chi connectivity index (χ0n) is 19.1. The molecule has 6 nitrogen and oxygen atoms in total. The molecule has 1 N–H and O–H groups in total. The molecule has 0 spiro atoms. The summed E-state index contributed by atoms with van der Waals surface area (Å²) >= 11 is 0. The Bertz CT molecular complexity index is 1110. The van der Waals surface area contributed by atoms with Gasteiger partial charge in [-0.2, -0.15) is 0 Å². The number of carbonyl (C=O) groups excluding carboxylic acids is 1. The average Bonchev–Trinajstić information content (AvgIpc) is 2.82. The normalized spacial score (nSPS) is 14.5. The van der Waals surface area contributed by atoms with E-state index in [-0.39, 0.29) is 11.7 Å². The topological polar surface area (TPSA) is 63.7 Å². The second kappa shape index (κ2) is 10.7. The summed E-state index contributed by atoms with van der Waals surface area (Å²) in [6, 6.07) is 14.3. The van der Waals surface area contributed by atoms with Gasteiger partial charge in [-0.15, -0.1) is 0 Å². The van der Waals surface area contributed by atoms with Crippen molar-refractivity contribution in [2.24, 2.45) is 0 Å². The van der Waals surface area contributed by atoms with E-state index >= 15 is 0 Å². The van der Waals surface area contributed by atoms with Gasteiger partial charge < -0.3 is 14.8 Å². The van der Waals surface area contributed by atoms with Crippen LogP contribution in [0.2, 0.25) is 0 Å². The zero-order valence-corrected chi connectivity index (χ0v) is 19.1. The van der Waals surface area contributed by atoms with E-state index < -0.39 is 0 Å². The Balaban J connectivity index is 1.33. The van der Waals surface area contributed by atoms with E-state index in [1.165, 1.54) is 12.1 Å². The molecule has 2 heterocycles. The molecule has 0 bridgehead atoms. The first-order chi connectivity index (χ1) is 16.0. The van der Waals surface area contributed by atoms with Gasteiger partial charge >= 0.3 is 0 Å². The molecule has 0 saturated carbocycles. The van der Waals surface area contributed by atoms with Crippen LogP contribution in [0, 0.1) is 12.7 Å². The van der Waals surface area contributed by atoms with Gasteiger partial charge in [0.2, 0.25) is 0 Å². The number of hydrogen-bond acceptors (Lipinski definition) is 5. The Morgan fingerprint density at radius 3 is 2.85 bits per heavy atom. The predicted molar refractivity (Wildman–Crippen MR) is 126 cm³/mol. The summed E-state index contributed by atoms with van der Waals surface area (Å²) in [6.07, 6.45) is 2.12. The predicted octanol–water partition coefficient (Wildman–Crippen LogP) is 4.10. The van der Waals surface area contributed by atoms with Crippen LogP contribution in [0.25, 0.3) is 10.9 Å². The van der Waals surface area contributed by atoms with Gasteiger partial charge in [0, 0.05) is 49.5 Å². The summed E-state index contributed by atoms with van der Waals surface area (Å²) in [5, 5.41) is 3.59. The number of carbonyl (C=O) groups is 1. The van der Waals surface area contributed by atoms with Gasteiger partial charge in [0.05, 0.1) is 11.1 Å². The van der Waals surface area contributed by atoms with Gasteiger partial charge in [-0.25, -0.2) is 4.39 Å². The van der Waals surface area contributed by atoms with Crippen LogP contribution in [0.15, 0.2) is 48.5 Å². The molecule has 2 aromatic carbocycles.